The molecule has 0 aliphatic rings. The van der Waals surface area contributed by atoms with Crippen LogP contribution in [0.3, 0.4) is 0 Å². The van der Waals surface area contributed by atoms with Crippen LogP contribution in [0.1, 0.15) is 66.9 Å². The molecule has 0 spiro atoms. The molecule has 3 aromatic carbocycles. The molecule has 5 nitrogen and oxygen atoms in total. The lowest BCUT2D eigenvalue weighted by atomic mass is 10.1. The molecule has 6 heteroatoms. The van der Waals surface area contributed by atoms with Gasteiger partial charge in [0.05, 0.1) is 12.8 Å². The molecule has 0 radical (unpaired) electrons. The Morgan fingerprint density at radius 1 is 0.829 bits per heavy atom. The molecule has 0 saturated heterocycles. The van der Waals surface area contributed by atoms with Gasteiger partial charge in [-0.25, -0.2) is 5.43 Å². The van der Waals surface area contributed by atoms with E-state index in [1.165, 1.54) is 32.1 Å². The van der Waals surface area contributed by atoms with Crippen LogP contribution in [-0.2, 0) is 6.61 Å². The third kappa shape index (κ3) is 9.83. The Balaban J connectivity index is 1.37. The minimum Gasteiger partial charge on any atom is -0.494 e. The van der Waals surface area contributed by atoms with Gasteiger partial charge in [0.15, 0.2) is 0 Å². The Bertz CT molecular complexity index is 1050. The van der Waals surface area contributed by atoms with Crippen molar-refractivity contribution in [3.63, 3.8) is 0 Å². The summed E-state index contributed by atoms with van der Waals surface area (Å²) in [5, 5.41) is 4.75. The zero-order valence-electron chi connectivity index (χ0n) is 20.2. The van der Waals surface area contributed by atoms with Crippen molar-refractivity contribution >= 4 is 23.7 Å². The minimum absolute atomic E-state index is 0.288. The lowest BCUT2D eigenvalue weighted by Gasteiger charge is -2.07. The first-order chi connectivity index (χ1) is 17.1. The largest absolute Gasteiger partial charge is 0.494 e. The third-order valence-corrected chi connectivity index (χ3v) is 5.71. The normalized spacial score (nSPS) is 10.9. The fourth-order valence-corrected chi connectivity index (χ4v) is 3.53. The molecule has 0 heterocycles. The van der Waals surface area contributed by atoms with Crippen LogP contribution >= 0.6 is 11.6 Å². The quantitative estimate of drug-likeness (QED) is 0.145. The van der Waals surface area contributed by atoms with Crippen molar-refractivity contribution in [2.75, 3.05) is 6.61 Å². The van der Waals surface area contributed by atoms with E-state index in [2.05, 4.69) is 17.5 Å². The van der Waals surface area contributed by atoms with E-state index in [4.69, 9.17) is 21.1 Å². The molecule has 0 fully saturated rings. The number of hydrazone groups is 1. The standard InChI is InChI=1S/C29H33ClN2O3/c1-2-3-4-5-6-7-20-34-27-16-10-23(11-17-27)21-31-32-29(33)25-12-18-28(19-13-25)35-22-24-8-14-26(30)15-9-24/h8-19,21H,2-7,20,22H2,1H3,(H,32,33)/b31-21+. The van der Waals surface area contributed by atoms with Crippen molar-refractivity contribution in [2.24, 2.45) is 5.10 Å². The van der Waals surface area contributed by atoms with Crippen LogP contribution in [0.25, 0.3) is 0 Å². The van der Waals surface area contributed by atoms with Gasteiger partial charge in [0.1, 0.15) is 18.1 Å². The Hall–Kier alpha value is -3.31. The van der Waals surface area contributed by atoms with Crippen molar-refractivity contribution < 1.29 is 14.3 Å². The molecule has 3 aromatic rings. The number of benzene rings is 3. The minimum atomic E-state index is -0.288. The van der Waals surface area contributed by atoms with Crippen LogP contribution < -0.4 is 14.9 Å². The van der Waals surface area contributed by atoms with Gasteiger partial charge in [-0.05, 0) is 78.2 Å². The van der Waals surface area contributed by atoms with Crippen LogP contribution in [-0.4, -0.2) is 18.7 Å². The van der Waals surface area contributed by atoms with Crippen molar-refractivity contribution in [3.05, 3.63) is 94.5 Å². The molecule has 0 aliphatic carbocycles. The smallest absolute Gasteiger partial charge is 0.271 e. The van der Waals surface area contributed by atoms with Crippen LogP contribution in [0.5, 0.6) is 11.5 Å². The molecule has 184 valence electrons. The summed E-state index contributed by atoms with van der Waals surface area (Å²) in [5.74, 6) is 1.24. The number of ether oxygens (including phenoxy) is 2. The Labute approximate surface area is 213 Å². The van der Waals surface area contributed by atoms with E-state index in [-0.39, 0.29) is 5.91 Å². The highest BCUT2D eigenvalue weighted by atomic mass is 35.5. The van der Waals surface area contributed by atoms with Crippen LogP contribution in [0.2, 0.25) is 5.02 Å². The van der Waals surface area contributed by atoms with E-state index in [0.717, 1.165) is 29.9 Å². The molecule has 1 amide bonds. The number of nitrogens with one attached hydrogen (secondary N) is 1. The maximum atomic E-state index is 12.3. The molecule has 0 saturated carbocycles. The zero-order valence-corrected chi connectivity index (χ0v) is 21.0. The molecular weight excluding hydrogens is 460 g/mol. The van der Waals surface area contributed by atoms with Gasteiger partial charge in [-0.15, -0.1) is 0 Å². The summed E-state index contributed by atoms with van der Waals surface area (Å²) in [6, 6.07) is 22.1. The third-order valence-electron chi connectivity index (χ3n) is 5.46. The van der Waals surface area contributed by atoms with Gasteiger partial charge in [0.2, 0.25) is 0 Å². The first-order valence-electron chi connectivity index (χ1n) is 12.2. The predicted octanol–water partition coefficient (Wildman–Crippen LogP) is 7.42. The summed E-state index contributed by atoms with van der Waals surface area (Å²) in [4.78, 5) is 12.3. The Morgan fingerprint density at radius 3 is 2.17 bits per heavy atom. The summed E-state index contributed by atoms with van der Waals surface area (Å²) in [6.07, 6.45) is 9.08. The second kappa shape index (κ2) is 14.8. The van der Waals surface area contributed by atoms with E-state index >= 15 is 0 Å². The maximum absolute atomic E-state index is 12.3. The average Bonchev–Trinajstić information content (AvgIpc) is 2.89. The van der Waals surface area contributed by atoms with Crippen LogP contribution in [0.15, 0.2) is 77.9 Å². The van der Waals surface area contributed by atoms with Gasteiger partial charge < -0.3 is 9.47 Å². The number of unbranched alkanes of at least 4 members (excludes halogenated alkanes) is 5. The van der Waals surface area contributed by atoms with Crippen LogP contribution in [0, 0.1) is 0 Å². The van der Waals surface area contributed by atoms with Gasteiger partial charge in [-0.3, -0.25) is 4.79 Å². The molecule has 0 aromatic heterocycles. The van der Waals surface area contributed by atoms with Gasteiger partial charge in [-0.1, -0.05) is 62.8 Å². The number of carbonyl (C=O) groups excluding carboxylic acids is 1. The molecule has 35 heavy (non-hydrogen) atoms. The second-order valence-electron chi connectivity index (χ2n) is 8.32. The maximum Gasteiger partial charge on any atom is 0.271 e. The number of rotatable bonds is 14. The van der Waals surface area contributed by atoms with Gasteiger partial charge in [0.25, 0.3) is 5.91 Å². The monoisotopic (exact) mass is 492 g/mol. The number of amides is 1. The average molecular weight is 493 g/mol. The van der Waals surface area contributed by atoms with Crippen molar-refractivity contribution in [1.82, 2.24) is 5.43 Å². The van der Waals surface area contributed by atoms with Gasteiger partial charge >= 0.3 is 0 Å². The molecule has 3 rings (SSSR count). The molecule has 0 bridgehead atoms. The first-order valence-corrected chi connectivity index (χ1v) is 12.6. The van der Waals surface area contributed by atoms with E-state index < -0.39 is 0 Å². The van der Waals surface area contributed by atoms with Gasteiger partial charge in [0, 0.05) is 10.6 Å². The van der Waals surface area contributed by atoms with E-state index in [1.54, 1.807) is 30.5 Å². The molecule has 1 N–H and O–H groups in total. The first kappa shape index (κ1) is 26.3. The topological polar surface area (TPSA) is 59.9 Å². The SMILES string of the molecule is CCCCCCCCOc1ccc(/C=N/NC(=O)c2ccc(OCc3ccc(Cl)cc3)cc2)cc1. The number of halogens is 1. The molecule has 0 atom stereocenters. The highest BCUT2D eigenvalue weighted by molar-refractivity contribution is 6.30. The van der Waals surface area contributed by atoms with E-state index in [1.807, 2.05) is 48.5 Å². The lowest BCUT2D eigenvalue weighted by Crippen LogP contribution is -2.17. The van der Waals surface area contributed by atoms with Crippen molar-refractivity contribution in [1.29, 1.82) is 0 Å². The summed E-state index contributed by atoms with van der Waals surface area (Å²) in [5.41, 5.74) is 4.95. The fourth-order valence-electron chi connectivity index (χ4n) is 3.40. The zero-order chi connectivity index (χ0) is 24.7. The number of hydrogen-bond donors (Lipinski definition) is 1. The van der Waals surface area contributed by atoms with E-state index in [9.17, 15) is 4.79 Å². The highest BCUT2D eigenvalue weighted by Crippen LogP contribution is 2.16. The molecule has 0 unspecified atom stereocenters. The summed E-state index contributed by atoms with van der Waals surface area (Å²) in [7, 11) is 0. The predicted molar refractivity (Wildman–Crippen MR) is 143 cm³/mol. The molecular formula is C29H33ClN2O3. The lowest BCUT2D eigenvalue weighted by molar-refractivity contribution is 0.0955. The summed E-state index contributed by atoms with van der Waals surface area (Å²) in [6.45, 7) is 3.39. The number of hydrogen-bond acceptors (Lipinski definition) is 4. The fraction of sp³-hybridized carbons (Fsp3) is 0.310. The Kier molecular flexibility index (Phi) is 11.2. The van der Waals surface area contributed by atoms with Crippen LogP contribution in [0.4, 0.5) is 0 Å². The highest BCUT2D eigenvalue weighted by Gasteiger charge is 2.05. The summed E-state index contributed by atoms with van der Waals surface area (Å²) < 4.78 is 11.5. The van der Waals surface area contributed by atoms with Crippen molar-refractivity contribution in [3.8, 4) is 11.5 Å². The Morgan fingerprint density at radius 2 is 1.46 bits per heavy atom. The second-order valence-corrected chi connectivity index (χ2v) is 8.76. The molecule has 0 aliphatic heterocycles. The number of carbonyl (C=O) groups is 1. The summed E-state index contributed by atoms with van der Waals surface area (Å²) >= 11 is 5.90. The van der Waals surface area contributed by atoms with E-state index in [0.29, 0.717) is 22.9 Å². The number of nitrogens with zero attached hydrogens (tertiary/aromatic N) is 1. The van der Waals surface area contributed by atoms with Gasteiger partial charge in [-0.2, -0.15) is 5.10 Å². The van der Waals surface area contributed by atoms with Crippen molar-refractivity contribution in [2.45, 2.75) is 52.1 Å².